The minimum absolute atomic E-state index is 0.106. The van der Waals surface area contributed by atoms with Crippen molar-refractivity contribution in [3.8, 4) is 17.0 Å². The maximum Gasteiger partial charge on any atom is 0.228 e. The van der Waals surface area contributed by atoms with E-state index < -0.39 is 0 Å². The fourth-order valence-corrected chi connectivity index (χ4v) is 2.37. The van der Waals surface area contributed by atoms with E-state index in [0.717, 1.165) is 18.4 Å². The molecule has 0 bridgehead atoms. The summed E-state index contributed by atoms with van der Waals surface area (Å²) in [5.74, 6) is 1.00. The Morgan fingerprint density at radius 3 is 2.77 bits per heavy atom. The molecule has 0 unspecified atom stereocenters. The van der Waals surface area contributed by atoms with Gasteiger partial charge in [0.2, 0.25) is 5.69 Å². The molecular weight excluding hydrogens is 280 g/mol. The van der Waals surface area contributed by atoms with Gasteiger partial charge in [0, 0.05) is 18.9 Å². The molecule has 0 aliphatic carbocycles. The Balaban J connectivity index is 1.86. The first-order valence-corrected chi connectivity index (χ1v) is 7.10. The van der Waals surface area contributed by atoms with Crippen LogP contribution < -0.4 is 10.5 Å². The van der Waals surface area contributed by atoms with Crippen molar-refractivity contribution in [1.29, 1.82) is 0 Å². The highest BCUT2D eigenvalue weighted by Gasteiger charge is 2.17. The van der Waals surface area contributed by atoms with Crippen LogP contribution in [0.25, 0.3) is 16.1 Å². The van der Waals surface area contributed by atoms with E-state index >= 15 is 0 Å². The molecule has 3 rings (SSSR count). The summed E-state index contributed by atoms with van der Waals surface area (Å²) in [6.07, 6.45) is 3.22. The highest BCUT2D eigenvalue weighted by molar-refractivity contribution is 5.71. The van der Waals surface area contributed by atoms with Gasteiger partial charge in [-0.05, 0) is 17.7 Å². The number of hydrogen-bond acceptors (Lipinski definition) is 5. The zero-order valence-corrected chi connectivity index (χ0v) is 12.0. The third-order valence-corrected chi connectivity index (χ3v) is 3.53. The molecule has 6 heteroatoms. The van der Waals surface area contributed by atoms with E-state index in [0.29, 0.717) is 36.2 Å². The maximum absolute atomic E-state index is 7.37. The van der Waals surface area contributed by atoms with Gasteiger partial charge < -0.3 is 15.2 Å². The first-order chi connectivity index (χ1) is 10.8. The Morgan fingerprint density at radius 1 is 1.23 bits per heavy atom. The van der Waals surface area contributed by atoms with Gasteiger partial charge in [0.1, 0.15) is 24.0 Å². The highest BCUT2D eigenvalue weighted by Crippen LogP contribution is 2.34. The lowest BCUT2D eigenvalue weighted by Gasteiger charge is -2.24. The fourth-order valence-electron chi connectivity index (χ4n) is 2.37. The molecule has 22 heavy (non-hydrogen) atoms. The lowest BCUT2D eigenvalue weighted by molar-refractivity contribution is 0.0259. The second-order valence-corrected chi connectivity index (χ2v) is 5.05. The summed E-state index contributed by atoms with van der Waals surface area (Å²) in [5.41, 5.74) is 7.65. The Labute approximate surface area is 128 Å². The molecular formula is C16H16N4O2. The highest BCUT2D eigenvalue weighted by atomic mass is 16.5. The molecule has 112 valence electrons. The van der Waals surface area contributed by atoms with Gasteiger partial charge in [-0.25, -0.2) is 14.8 Å². The fraction of sp³-hybridized carbons (Fsp3) is 0.312. The molecule has 1 aromatic heterocycles. The molecule has 1 aromatic carbocycles. The van der Waals surface area contributed by atoms with Gasteiger partial charge in [-0.3, -0.25) is 0 Å². The van der Waals surface area contributed by atoms with Crippen LogP contribution in [0.2, 0.25) is 0 Å². The van der Waals surface area contributed by atoms with Crippen LogP contribution in [0, 0.1) is 6.57 Å². The molecule has 2 aromatic rings. The van der Waals surface area contributed by atoms with Crippen LogP contribution in [0.5, 0.6) is 5.75 Å². The molecule has 6 nitrogen and oxygen atoms in total. The quantitative estimate of drug-likeness (QED) is 0.881. The average Bonchev–Trinajstić information content (AvgIpc) is 2.56. The lowest BCUT2D eigenvalue weighted by atomic mass is 10.1. The number of aromatic nitrogens is 2. The molecule has 1 aliphatic heterocycles. The molecule has 0 radical (unpaired) electrons. The van der Waals surface area contributed by atoms with Crippen LogP contribution in [0.1, 0.15) is 12.8 Å². The zero-order chi connectivity index (χ0) is 15.4. The number of nitrogens with two attached hydrogens (primary N) is 1. The minimum Gasteiger partial charge on any atom is -0.501 e. The first kappa shape index (κ1) is 14.3. The van der Waals surface area contributed by atoms with Gasteiger partial charge in [-0.15, -0.1) is 0 Å². The van der Waals surface area contributed by atoms with Gasteiger partial charge >= 0.3 is 0 Å². The monoisotopic (exact) mass is 296 g/mol. The van der Waals surface area contributed by atoms with Crippen molar-refractivity contribution < 1.29 is 9.47 Å². The van der Waals surface area contributed by atoms with Crippen LogP contribution in [0.3, 0.4) is 0 Å². The molecule has 1 aliphatic rings. The van der Waals surface area contributed by atoms with Gasteiger partial charge in [-0.2, -0.15) is 0 Å². The van der Waals surface area contributed by atoms with Crippen molar-refractivity contribution in [1.82, 2.24) is 9.97 Å². The Bertz CT molecular complexity index is 706. The van der Waals surface area contributed by atoms with Crippen molar-refractivity contribution in [3.63, 3.8) is 0 Å². The predicted molar refractivity (Wildman–Crippen MR) is 82.6 cm³/mol. The number of nitrogen functional groups attached to an aromatic ring is 1. The topological polar surface area (TPSA) is 74.6 Å². The van der Waals surface area contributed by atoms with E-state index in [4.69, 9.17) is 21.8 Å². The van der Waals surface area contributed by atoms with Crippen LogP contribution >= 0.6 is 0 Å². The zero-order valence-electron chi connectivity index (χ0n) is 12.0. The Kier molecular flexibility index (Phi) is 4.17. The second-order valence-electron chi connectivity index (χ2n) is 5.05. The summed E-state index contributed by atoms with van der Waals surface area (Å²) < 4.78 is 11.3. The Hall–Kier alpha value is -2.65. The van der Waals surface area contributed by atoms with Gasteiger partial charge in [0.25, 0.3) is 0 Å². The summed E-state index contributed by atoms with van der Waals surface area (Å²) in [6, 6.07) is 7.15. The summed E-state index contributed by atoms with van der Waals surface area (Å²) in [5, 5.41) is 0. The first-order valence-electron chi connectivity index (χ1n) is 7.10. The standard InChI is InChI=1S/C16H16N4O2/c1-18-14-8-11(13-9-16(17)20-10-19-13)2-3-15(14)22-12-4-6-21-7-5-12/h2-3,8-10,12H,4-7H2,(H2,17,19,20). The summed E-state index contributed by atoms with van der Waals surface area (Å²) >= 11 is 0. The summed E-state index contributed by atoms with van der Waals surface area (Å²) in [7, 11) is 0. The SMILES string of the molecule is [C-]#[N+]c1cc(-c2cc(N)ncn2)ccc1OC1CCOCC1. The molecule has 0 spiro atoms. The van der Waals surface area contributed by atoms with Crippen LogP contribution in [0.15, 0.2) is 30.6 Å². The lowest BCUT2D eigenvalue weighted by Crippen LogP contribution is -2.25. The number of hydrogen-bond donors (Lipinski definition) is 1. The van der Waals surface area contributed by atoms with Gasteiger partial charge in [-0.1, -0.05) is 6.07 Å². The number of anilines is 1. The maximum atomic E-state index is 7.37. The molecule has 1 saturated heterocycles. The third kappa shape index (κ3) is 3.15. The number of ether oxygens (including phenoxy) is 2. The smallest absolute Gasteiger partial charge is 0.228 e. The van der Waals surface area contributed by atoms with E-state index in [-0.39, 0.29) is 6.10 Å². The number of nitrogens with zero attached hydrogens (tertiary/aromatic N) is 3. The predicted octanol–water partition coefficient (Wildman–Crippen LogP) is 2.83. The average molecular weight is 296 g/mol. The Morgan fingerprint density at radius 2 is 2.05 bits per heavy atom. The van der Waals surface area contributed by atoms with Crippen molar-refractivity contribution >= 4 is 11.5 Å². The van der Waals surface area contributed by atoms with Crippen LogP contribution in [-0.2, 0) is 4.74 Å². The normalized spacial score (nSPS) is 15.2. The minimum atomic E-state index is 0.106. The number of rotatable bonds is 3. The van der Waals surface area contributed by atoms with Crippen LogP contribution in [-0.4, -0.2) is 29.3 Å². The third-order valence-electron chi connectivity index (χ3n) is 3.53. The van der Waals surface area contributed by atoms with E-state index in [1.807, 2.05) is 12.1 Å². The van der Waals surface area contributed by atoms with Crippen molar-refractivity contribution in [2.45, 2.75) is 18.9 Å². The van der Waals surface area contributed by atoms with Gasteiger partial charge in [0.15, 0.2) is 0 Å². The molecule has 2 heterocycles. The van der Waals surface area contributed by atoms with Crippen LogP contribution in [0.4, 0.5) is 11.5 Å². The van der Waals surface area contributed by atoms with Crippen molar-refractivity contribution in [3.05, 3.63) is 42.0 Å². The second kappa shape index (κ2) is 6.41. The van der Waals surface area contributed by atoms with E-state index in [1.54, 1.807) is 12.1 Å². The van der Waals surface area contributed by atoms with Gasteiger partial charge in [0.05, 0.1) is 25.5 Å². The molecule has 2 N–H and O–H groups in total. The molecule has 0 saturated carbocycles. The summed E-state index contributed by atoms with van der Waals surface area (Å²) in [6.45, 7) is 8.78. The van der Waals surface area contributed by atoms with E-state index in [2.05, 4.69) is 14.8 Å². The van der Waals surface area contributed by atoms with Crippen molar-refractivity contribution in [2.24, 2.45) is 0 Å². The van der Waals surface area contributed by atoms with E-state index in [1.165, 1.54) is 6.33 Å². The largest absolute Gasteiger partial charge is 0.501 e. The molecule has 0 atom stereocenters. The molecule has 0 amide bonds. The molecule has 1 fully saturated rings. The van der Waals surface area contributed by atoms with Crippen molar-refractivity contribution in [2.75, 3.05) is 18.9 Å². The van der Waals surface area contributed by atoms with E-state index in [9.17, 15) is 0 Å². The summed E-state index contributed by atoms with van der Waals surface area (Å²) in [4.78, 5) is 11.6. The number of benzene rings is 1.